The van der Waals surface area contributed by atoms with Crippen molar-refractivity contribution in [2.75, 3.05) is 14.1 Å². The second kappa shape index (κ2) is 7.18. The molecule has 1 aliphatic carbocycles. The van der Waals surface area contributed by atoms with E-state index in [2.05, 4.69) is 16.4 Å². The third-order valence-electron chi connectivity index (χ3n) is 4.52. The van der Waals surface area contributed by atoms with E-state index in [0.717, 1.165) is 25.1 Å². The molecule has 0 radical (unpaired) electrons. The van der Waals surface area contributed by atoms with Crippen molar-refractivity contribution in [3.8, 4) is 0 Å². The molecule has 0 bridgehead atoms. The van der Waals surface area contributed by atoms with Crippen molar-refractivity contribution in [3.05, 3.63) is 57.3 Å². The number of carbonyl (C=O) groups is 1. The third-order valence-corrected chi connectivity index (χ3v) is 5.26. The summed E-state index contributed by atoms with van der Waals surface area (Å²) in [5.74, 6) is 0.524. The van der Waals surface area contributed by atoms with Crippen LogP contribution in [-0.2, 0) is 6.54 Å². The van der Waals surface area contributed by atoms with Gasteiger partial charge >= 0.3 is 0 Å². The number of benzene rings is 1. The van der Waals surface area contributed by atoms with E-state index in [0.29, 0.717) is 27.7 Å². The van der Waals surface area contributed by atoms with Crippen LogP contribution in [0.4, 0.5) is 0 Å². The van der Waals surface area contributed by atoms with Gasteiger partial charge in [-0.3, -0.25) is 4.79 Å². The summed E-state index contributed by atoms with van der Waals surface area (Å²) in [5, 5.41) is 4.75. The number of carbonyl (C=O) groups excluding carboxylic acids is 1. The van der Waals surface area contributed by atoms with Gasteiger partial charge in [0.15, 0.2) is 0 Å². The maximum absolute atomic E-state index is 11.9. The Hall–Kier alpha value is -1.49. The maximum Gasteiger partial charge on any atom is 0.269 e. The molecule has 6 heteroatoms. The zero-order chi connectivity index (χ0) is 17.3. The number of amides is 1. The molecule has 2 N–H and O–H groups in total. The van der Waals surface area contributed by atoms with Crippen LogP contribution in [-0.4, -0.2) is 35.9 Å². The Morgan fingerprint density at radius 3 is 2.62 bits per heavy atom. The molecule has 0 spiro atoms. The molecule has 1 fully saturated rings. The van der Waals surface area contributed by atoms with Crippen molar-refractivity contribution in [1.29, 1.82) is 0 Å². The quantitative estimate of drug-likeness (QED) is 0.839. The molecule has 1 saturated carbocycles. The fraction of sp³-hybridized carbons (Fsp3) is 0.389. The lowest BCUT2D eigenvalue weighted by atomic mass is 9.76. The Balaban J connectivity index is 1.48. The zero-order valence-electron chi connectivity index (χ0n) is 13.8. The van der Waals surface area contributed by atoms with Crippen LogP contribution in [0, 0.1) is 0 Å². The van der Waals surface area contributed by atoms with Gasteiger partial charge in [-0.1, -0.05) is 29.3 Å². The van der Waals surface area contributed by atoms with Gasteiger partial charge in [0.25, 0.3) is 5.91 Å². The van der Waals surface area contributed by atoms with Crippen molar-refractivity contribution in [1.82, 2.24) is 15.2 Å². The summed E-state index contributed by atoms with van der Waals surface area (Å²) in [6.07, 6.45) is 2.17. The minimum absolute atomic E-state index is 0.00965. The van der Waals surface area contributed by atoms with Crippen molar-refractivity contribution in [2.45, 2.75) is 31.3 Å². The van der Waals surface area contributed by atoms with Gasteiger partial charge in [-0.15, -0.1) is 0 Å². The summed E-state index contributed by atoms with van der Waals surface area (Å²) in [5.41, 5.74) is 2.90. The molecule has 0 aliphatic heterocycles. The van der Waals surface area contributed by atoms with Gasteiger partial charge in [0, 0.05) is 32.4 Å². The fourth-order valence-corrected chi connectivity index (χ4v) is 3.29. The molecular formula is C18H21Cl2N3O. The monoisotopic (exact) mass is 365 g/mol. The van der Waals surface area contributed by atoms with E-state index >= 15 is 0 Å². The van der Waals surface area contributed by atoms with Crippen molar-refractivity contribution in [3.63, 3.8) is 0 Å². The lowest BCUT2D eigenvalue weighted by Gasteiger charge is -2.36. The lowest BCUT2D eigenvalue weighted by Crippen LogP contribution is -2.39. The van der Waals surface area contributed by atoms with Gasteiger partial charge in [-0.05, 0) is 48.6 Å². The molecule has 1 aromatic carbocycles. The van der Waals surface area contributed by atoms with E-state index in [1.807, 2.05) is 24.3 Å². The molecular weight excluding hydrogens is 345 g/mol. The van der Waals surface area contributed by atoms with E-state index < -0.39 is 0 Å². The first-order chi connectivity index (χ1) is 11.4. The Bertz CT molecular complexity index is 736. The van der Waals surface area contributed by atoms with Gasteiger partial charge < -0.3 is 15.2 Å². The molecule has 0 saturated heterocycles. The molecule has 2 aromatic rings. The van der Waals surface area contributed by atoms with Gasteiger partial charge in [0.2, 0.25) is 0 Å². The standard InChI is InChI=1S/C18H21Cl2N3O/c1-23(2)18(24)17-6-4-13(22-17)10-21-14-7-12(8-14)11-3-5-15(19)16(20)9-11/h3-6,9,12,14,21-22H,7-8,10H2,1-2H3. The van der Waals surface area contributed by atoms with Crippen LogP contribution in [0.15, 0.2) is 30.3 Å². The highest BCUT2D eigenvalue weighted by Crippen LogP contribution is 2.39. The number of rotatable bonds is 5. The number of hydrogen-bond acceptors (Lipinski definition) is 2. The van der Waals surface area contributed by atoms with Crippen molar-refractivity contribution >= 4 is 29.1 Å². The van der Waals surface area contributed by atoms with Crippen molar-refractivity contribution < 1.29 is 4.79 Å². The van der Waals surface area contributed by atoms with Gasteiger partial charge in [-0.2, -0.15) is 0 Å². The number of halogens is 2. The summed E-state index contributed by atoms with van der Waals surface area (Å²) in [4.78, 5) is 16.6. The minimum atomic E-state index is -0.00965. The fourth-order valence-electron chi connectivity index (χ4n) is 2.99. The zero-order valence-corrected chi connectivity index (χ0v) is 15.3. The van der Waals surface area contributed by atoms with Crippen LogP contribution in [0.5, 0.6) is 0 Å². The third kappa shape index (κ3) is 3.77. The molecule has 4 nitrogen and oxygen atoms in total. The van der Waals surface area contributed by atoms with E-state index in [9.17, 15) is 4.79 Å². The van der Waals surface area contributed by atoms with Crippen LogP contribution in [0.3, 0.4) is 0 Å². The van der Waals surface area contributed by atoms with E-state index in [1.54, 1.807) is 19.0 Å². The number of nitrogens with one attached hydrogen (secondary N) is 2. The van der Waals surface area contributed by atoms with Gasteiger partial charge in [0.05, 0.1) is 10.0 Å². The first-order valence-electron chi connectivity index (χ1n) is 8.02. The van der Waals surface area contributed by atoms with E-state index in [4.69, 9.17) is 23.2 Å². The van der Waals surface area contributed by atoms with Crippen LogP contribution in [0.2, 0.25) is 10.0 Å². The van der Waals surface area contributed by atoms with Gasteiger partial charge in [0.1, 0.15) is 5.69 Å². The predicted molar refractivity (Wildman–Crippen MR) is 97.9 cm³/mol. The molecule has 24 heavy (non-hydrogen) atoms. The minimum Gasteiger partial charge on any atom is -0.353 e. The highest BCUT2D eigenvalue weighted by Gasteiger charge is 2.30. The Morgan fingerprint density at radius 1 is 1.21 bits per heavy atom. The highest BCUT2D eigenvalue weighted by atomic mass is 35.5. The predicted octanol–water partition coefficient (Wildman–Crippen LogP) is 4.06. The molecule has 1 aromatic heterocycles. The first kappa shape index (κ1) is 17.3. The second-order valence-electron chi connectivity index (χ2n) is 6.52. The number of H-pyrrole nitrogens is 1. The van der Waals surface area contributed by atoms with Crippen LogP contribution < -0.4 is 5.32 Å². The number of nitrogens with zero attached hydrogens (tertiary/aromatic N) is 1. The summed E-state index contributed by atoms with van der Waals surface area (Å²) < 4.78 is 0. The molecule has 1 heterocycles. The largest absolute Gasteiger partial charge is 0.353 e. The SMILES string of the molecule is CN(C)C(=O)c1ccc(CNC2CC(c3ccc(Cl)c(Cl)c3)C2)[nH]1. The topological polar surface area (TPSA) is 48.1 Å². The average molecular weight is 366 g/mol. The summed E-state index contributed by atoms with van der Waals surface area (Å²) in [6, 6.07) is 10.2. The molecule has 0 atom stereocenters. The molecule has 0 unspecified atom stereocenters. The Morgan fingerprint density at radius 2 is 1.96 bits per heavy atom. The van der Waals surface area contributed by atoms with Crippen LogP contribution in [0.25, 0.3) is 0 Å². The number of aromatic amines is 1. The second-order valence-corrected chi connectivity index (χ2v) is 7.33. The number of aromatic nitrogens is 1. The smallest absolute Gasteiger partial charge is 0.269 e. The highest BCUT2D eigenvalue weighted by molar-refractivity contribution is 6.42. The molecule has 128 valence electrons. The van der Waals surface area contributed by atoms with Crippen LogP contribution >= 0.6 is 23.2 Å². The lowest BCUT2D eigenvalue weighted by molar-refractivity contribution is 0.0822. The molecule has 1 aliphatic rings. The number of hydrogen-bond donors (Lipinski definition) is 2. The van der Waals surface area contributed by atoms with Gasteiger partial charge in [-0.25, -0.2) is 0 Å². The Kier molecular flexibility index (Phi) is 5.18. The maximum atomic E-state index is 11.9. The molecule has 1 amide bonds. The Labute approximate surface area is 152 Å². The average Bonchev–Trinajstić information content (AvgIpc) is 2.97. The summed E-state index contributed by atoms with van der Waals surface area (Å²) >= 11 is 12.0. The van der Waals surface area contributed by atoms with E-state index in [1.165, 1.54) is 5.56 Å². The normalized spacial score (nSPS) is 19.8. The summed E-state index contributed by atoms with van der Waals surface area (Å²) in [6.45, 7) is 0.736. The van der Waals surface area contributed by atoms with Crippen molar-refractivity contribution in [2.24, 2.45) is 0 Å². The van der Waals surface area contributed by atoms with Crippen LogP contribution in [0.1, 0.15) is 40.5 Å². The summed E-state index contributed by atoms with van der Waals surface area (Å²) in [7, 11) is 3.50. The van der Waals surface area contributed by atoms with E-state index in [-0.39, 0.29) is 5.91 Å². The first-order valence-corrected chi connectivity index (χ1v) is 8.77. The molecule has 3 rings (SSSR count).